The number of carbonyl (C=O) groups is 1. The van der Waals surface area contributed by atoms with Gasteiger partial charge in [0.2, 0.25) is 0 Å². The molecule has 0 unspecified atom stereocenters. The molecule has 0 bridgehead atoms. The van der Waals surface area contributed by atoms with Crippen LogP contribution < -0.4 is 11.1 Å². The van der Waals surface area contributed by atoms with Crippen molar-refractivity contribution in [1.82, 2.24) is 9.88 Å². The van der Waals surface area contributed by atoms with Crippen LogP contribution in [0.25, 0.3) is 11.3 Å². The first-order chi connectivity index (χ1) is 12.6. The van der Waals surface area contributed by atoms with Crippen LogP contribution in [0.4, 0.5) is 9.18 Å². The van der Waals surface area contributed by atoms with Crippen LogP contribution in [-0.2, 0) is 6.42 Å². The number of carbonyl (C=O) groups excluding carboxylic acids is 1. The number of oxazole rings is 1. The predicted octanol–water partition coefficient (Wildman–Crippen LogP) is 3.83. The normalized spacial score (nSPS) is 10.7. The van der Waals surface area contributed by atoms with Gasteiger partial charge in [0.1, 0.15) is 5.82 Å². The standard InChI is InChI=1S/C20H19FN2O3/c21-17-11-9-16(10-12-17)18-14-23(20(25)26-18)19(24)22-13-5-4-8-15-6-2-1-3-7-15/h1-3,6-7,9-12,14H,4-5,8,13H2,(H,22,24). The van der Waals surface area contributed by atoms with Gasteiger partial charge in [-0.2, -0.15) is 4.57 Å². The summed E-state index contributed by atoms with van der Waals surface area (Å²) in [5.41, 5.74) is 1.78. The molecule has 0 aliphatic rings. The number of aromatic nitrogens is 1. The van der Waals surface area contributed by atoms with Gasteiger partial charge >= 0.3 is 11.8 Å². The molecule has 1 heterocycles. The van der Waals surface area contributed by atoms with Crippen molar-refractivity contribution in [2.24, 2.45) is 0 Å². The van der Waals surface area contributed by atoms with Gasteiger partial charge in [-0.05, 0) is 49.1 Å². The van der Waals surface area contributed by atoms with E-state index in [9.17, 15) is 14.0 Å². The van der Waals surface area contributed by atoms with Crippen LogP contribution in [0.1, 0.15) is 18.4 Å². The first kappa shape index (κ1) is 17.7. The van der Waals surface area contributed by atoms with Gasteiger partial charge < -0.3 is 9.73 Å². The summed E-state index contributed by atoms with van der Waals surface area (Å²) in [6.07, 6.45) is 4.00. The van der Waals surface area contributed by atoms with Crippen molar-refractivity contribution < 1.29 is 13.6 Å². The van der Waals surface area contributed by atoms with Crippen LogP contribution in [-0.4, -0.2) is 17.1 Å². The number of aryl methyl sites for hydroxylation is 1. The van der Waals surface area contributed by atoms with Gasteiger partial charge in [0.05, 0.1) is 6.20 Å². The Morgan fingerprint density at radius 3 is 2.50 bits per heavy atom. The average Bonchev–Trinajstić information content (AvgIpc) is 3.04. The van der Waals surface area contributed by atoms with Crippen molar-refractivity contribution in [2.75, 3.05) is 6.54 Å². The van der Waals surface area contributed by atoms with E-state index in [0.717, 1.165) is 23.8 Å². The van der Waals surface area contributed by atoms with Gasteiger partial charge in [-0.25, -0.2) is 14.0 Å². The van der Waals surface area contributed by atoms with E-state index in [1.807, 2.05) is 18.2 Å². The number of nitrogens with one attached hydrogen (secondary N) is 1. The largest absolute Gasteiger partial charge is 0.427 e. The summed E-state index contributed by atoms with van der Waals surface area (Å²) in [7, 11) is 0. The lowest BCUT2D eigenvalue weighted by Gasteiger charge is -2.04. The highest BCUT2D eigenvalue weighted by Crippen LogP contribution is 2.18. The van der Waals surface area contributed by atoms with Crippen molar-refractivity contribution in [2.45, 2.75) is 19.3 Å². The summed E-state index contributed by atoms with van der Waals surface area (Å²) in [5, 5.41) is 2.70. The van der Waals surface area contributed by atoms with Crippen LogP contribution in [0.15, 0.2) is 70.0 Å². The summed E-state index contributed by atoms with van der Waals surface area (Å²) in [5.74, 6) is -0.941. The molecule has 134 valence electrons. The number of unbranched alkanes of at least 4 members (excludes halogenated alkanes) is 1. The lowest BCUT2D eigenvalue weighted by molar-refractivity contribution is 0.240. The van der Waals surface area contributed by atoms with Gasteiger partial charge in [-0.3, -0.25) is 0 Å². The third-order valence-electron chi connectivity index (χ3n) is 4.00. The number of rotatable bonds is 6. The van der Waals surface area contributed by atoms with Crippen LogP contribution >= 0.6 is 0 Å². The highest BCUT2D eigenvalue weighted by Gasteiger charge is 2.13. The zero-order chi connectivity index (χ0) is 18.4. The Bertz CT molecular complexity index is 914. The molecule has 1 aromatic heterocycles. The third-order valence-corrected chi connectivity index (χ3v) is 4.00. The summed E-state index contributed by atoms with van der Waals surface area (Å²) >= 11 is 0. The smallest absolute Gasteiger partial charge is 0.407 e. The van der Waals surface area contributed by atoms with Crippen LogP contribution in [0.5, 0.6) is 0 Å². The maximum atomic E-state index is 13.0. The van der Waals surface area contributed by atoms with Crippen molar-refractivity contribution >= 4 is 6.03 Å². The minimum atomic E-state index is -0.772. The second-order valence-electron chi connectivity index (χ2n) is 5.91. The van der Waals surface area contributed by atoms with Gasteiger partial charge in [-0.1, -0.05) is 30.3 Å². The molecule has 3 rings (SSSR count). The highest BCUT2D eigenvalue weighted by molar-refractivity contribution is 5.77. The molecule has 26 heavy (non-hydrogen) atoms. The Hall–Kier alpha value is -3.15. The molecule has 0 aliphatic heterocycles. The SMILES string of the molecule is O=C(NCCCCc1ccccc1)n1cc(-c2ccc(F)cc2)oc1=O. The van der Waals surface area contributed by atoms with Gasteiger partial charge in [0.25, 0.3) is 0 Å². The van der Waals surface area contributed by atoms with Crippen LogP contribution in [0.2, 0.25) is 0 Å². The third kappa shape index (κ3) is 4.47. The van der Waals surface area contributed by atoms with E-state index >= 15 is 0 Å². The van der Waals surface area contributed by atoms with Crippen LogP contribution in [0, 0.1) is 5.82 Å². The highest BCUT2D eigenvalue weighted by atomic mass is 19.1. The zero-order valence-corrected chi connectivity index (χ0v) is 14.2. The van der Waals surface area contributed by atoms with Gasteiger partial charge in [0, 0.05) is 12.1 Å². The lowest BCUT2D eigenvalue weighted by atomic mass is 10.1. The molecular weight excluding hydrogens is 335 g/mol. The summed E-state index contributed by atoms with van der Waals surface area (Å²) in [6.45, 7) is 0.467. The number of benzene rings is 2. The molecule has 2 aromatic carbocycles. The summed E-state index contributed by atoms with van der Waals surface area (Å²) in [6, 6.07) is 15.1. The van der Waals surface area contributed by atoms with E-state index in [1.54, 1.807) is 0 Å². The van der Waals surface area contributed by atoms with Gasteiger partial charge in [-0.15, -0.1) is 0 Å². The van der Waals surface area contributed by atoms with E-state index in [2.05, 4.69) is 17.4 Å². The van der Waals surface area contributed by atoms with Crippen molar-refractivity contribution in [3.63, 3.8) is 0 Å². The molecule has 0 radical (unpaired) electrons. The van der Waals surface area contributed by atoms with E-state index in [4.69, 9.17) is 4.42 Å². The first-order valence-corrected chi connectivity index (χ1v) is 8.44. The Balaban J connectivity index is 1.52. The maximum Gasteiger partial charge on any atom is 0.427 e. The first-order valence-electron chi connectivity index (χ1n) is 8.44. The van der Waals surface area contributed by atoms with Crippen LogP contribution in [0.3, 0.4) is 0 Å². The number of hydrogen-bond donors (Lipinski definition) is 1. The zero-order valence-electron chi connectivity index (χ0n) is 14.2. The molecule has 5 nitrogen and oxygen atoms in total. The molecule has 0 atom stereocenters. The van der Waals surface area contributed by atoms with E-state index in [1.165, 1.54) is 36.0 Å². The van der Waals surface area contributed by atoms with Crippen molar-refractivity contribution in [3.05, 3.63) is 82.7 Å². The maximum absolute atomic E-state index is 13.0. The average molecular weight is 354 g/mol. The number of hydrogen-bond acceptors (Lipinski definition) is 3. The predicted molar refractivity (Wildman–Crippen MR) is 96.5 cm³/mol. The molecule has 1 N–H and O–H groups in total. The second-order valence-corrected chi connectivity index (χ2v) is 5.91. The number of halogens is 1. The molecule has 0 fully saturated rings. The van der Waals surface area contributed by atoms with E-state index in [0.29, 0.717) is 12.1 Å². The molecule has 0 saturated carbocycles. The van der Waals surface area contributed by atoms with E-state index in [-0.39, 0.29) is 11.6 Å². The number of nitrogens with zero attached hydrogens (tertiary/aromatic N) is 1. The fraction of sp³-hybridized carbons (Fsp3) is 0.200. The Morgan fingerprint density at radius 1 is 1.04 bits per heavy atom. The summed E-state index contributed by atoms with van der Waals surface area (Å²) < 4.78 is 18.9. The monoisotopic (exact) mass is 354 g/mol. The fourth-order valence-corrected chi connectivity index (χ4v) is 2.61. The van der Waals surface area contributed by atoms with Crippen molar-refractivity contribution in [1.29, 1.82) is 0 Å². The number of amides is 1. The van der Waals surface area contributed by atoms with Crippen molar-refractivity contribution in [3.8, 4) is 11.3 Å². The molecule has 6 heteroatoms. The van der Waals surface area contributed by atoms with E-state index < -0.39 is 11.8 Å². The topological polar surface area (TPSA) is 64.2 Å². The second kappa shape index (κ2) is 8.29. The minimum Gasteiger partial charge on any atom is -0.407 e. The fourth-order valence-electron chi connectivity index (χ4n) is 2.61. The molecule has 1 amide bonds. The molecule has 0 aliphatic carbocycles. The Morgan fingerprint density at radius 2 is 1.77 bits per heavy atom. The molecular formula is C20H19FN2O3. The Kier molecular flexibility index (Phi) is 5.63. The Labute approximate surface area is 150 Å². The molecule has 0 spiro atoms. The lowest BCUT2D eigenvalue weighted by Crippen LogP contribution is -2.34. The quantitative estimate of drug-likeness (QED) is 0.684. The van der Waals surface area contributed by atoms with Gasteiger partial charge in [0.15, 0.2) is 5.76 Å². The minimum absolute atomic E-state index is 0.217. The summed E-state index contributed by atoms with van der Waals surface area (Å²) in [4.78, 5) is 24.0. The molecule has 0 saturated heterocycles. The molecule has 3 aromatic rings.